The fraction of sp³-hybridized carbons (Fsp3) is 0.348. The number of amides is 1. The van der Waals surface area contributed by atoms with Crippen LogP contribution in [0.5, 0.6) is 0 Å². The summed E-state index contributed by atoms with van der Waals surface area (Å²) in [6.07, 6.45) is 5.06. The monoisotopic (exact) mass is 389 g/mol. The van der Waals surface area contributed by atoms with Gasteiger partial charge >= 0.3 is 0 Å². The molecule has 29 heavy (non-hydrogen) atoms. The summed E-state index contributed by atoms with van der Waals surface area (Å²) in [4.78, 5) is 31.3. The van der Waals surface area contributed by atoms with Crippen molar-refractivity contribution in [2.75, 3.05) is 13.1 Å². The van der Waals surface area contributed by atoms with E-state index in [9.17, 15) is 9.59 Å². The predicted octanol–water partition coefficient (Wildman–Crippen LogP) is 3.87. The lowest BCUT2D eigenvalue weighted by atomic mass is 10.1. The summed E-state index contributed by atoms with van der Waals surface area (Å²) in [7, 11) is 0. The van der Waals surface area contributed by atoms with Crippen molar-refractivity contribution in [2.45, 2.75) is 39.0 Å². The largest absolute Gasteiger partial charge is 0.465 e. The first-order valence-corrected chi connectivity index (χ1v) is 10.1. The first-order chi connectivity index (χ1) is 14.0. The number of hydrogen-bond donors (Lipinski definition) is 0. The number of carbonyl (C=O) groups is 1. The van der Waals surface area contributed by atoms with E-state index in [1.54, 1.807) is 6.07 Å². The Kier molecular flexibility index (Phi) is 4.15. The van der Waals surface area contributed by atoms with Crippen LogP contribution in [0.3, 0.4) is 0 Å². The Morgan fingerprint density at radius 2 is 2.00 bits per heavy atom. The third-order valence-corrected chi connectivity index (χ3v) is 5.87. The summed E-state index contributed by atoms with van der Waals surface area (Å²) in [6, 6.07) is 9.45. The van der Waals surface area contributed by atoms with Crippen LogP contribution in [0, 0.1) is 13.8 Å². The molecular formula is C23H23N3O3. The minimum absolute atomic E-state index is 0.0214. The van der Waals surface area contributed by atoms with Gasteiger partial charge < -0.3 is 13.9 Å². The minimum Gasteiger partial charge on any atom is -0.465 e. The molecule has 0 atom stereocenters. The zero-order valence-electron chi connectivity index (χ0n) is 16.6. The normalized spacial score (nSPS) is 16.9. The average molecular weight is 389 g/mol. The fourth-order valence-corrected chi connectivity index (χ4v) is 4.15. The Bertz CT molecular complexity index is 1210. The molecule has 1 aromatic carbocycles. The van der Waals surface area contributed by atoms with Gasteiger partial charge in [-0.05, 0) is 51.0 Å². The molecule has 0 spiro atoms. The van der Waals surface area contributed by atoms with E-state index in [2.05, 4.69) is 11.1 Å². The van der Waals surface area contributed by atoms with Crippen molar-refractivity contribution in [3.05, 3.63) is 69.7 Å². The van der Waals surface area contributed by atoms with E-state index in [1.807, 2.05) is 47.6 Å². The smallest absolute Gasteiger partial charge is 0.280 e. The molecule has 1 aliphatic carbocycles. The van der Waals surface area contributed by atoms with Crippen molar-refractivity contribution >= 4 is 22.5 Å². The zero-order valence-corrected chi connectivity index (χ0v) is 16.6. The molecule has 0 unspecified atom stereocenters. The van der Waals surface area contributed by atoms with Gasteiger partial charge in [-0.3, -0.25) is 9.59 Å². The van der Waals surface area contributed by atoms with Gasteiger partial charge in [0, 0.05) is 31.1 Å². The lowest BCUT2D eigenvalue weighted by Gasteiger charge is -2.28. The number of nitrogens with zero attached hydrogens (tertiary/aromatic N) is 3. The third-order valence-electron chi connectivity index (χ3n) is 5.87. The van der Waals surface area contributed by atoms with E-state index in [1.165, 1.54) is 0 Å². The highest BCUT2D eigenvalue weighted by atomic mass is 16.3. The van der Waals surface area contributed by atoms with E-state index in [0.717, 1.165) is 29.8 Å². The summed E-state index contributed by atoms with van der Waals surface area (Å²) in [5, 5.41) is 0.610. The SMILES string of the molecule is Cc1oc(C2CC2)cc1C(=O)N1CC=C(n2c(C)nc(=O)c3ccccc32)CC1. The van der Waals surface area contributed by atoms with Crippen molar-refractivity contribution in [3.8, 4) is 0 Å². The summed E-state index contributed by atoms with van der Waals surface area (Å²) >= 11 is 0. The van der Waals surface area contributed by atoms with Crippen LogP contribution in [0.25, 0.3) is 16.6 Å². The second-order valence-electron chi connectivity index (χ2n) is 7.91. The molecule has 1 fully saturated rings. The van der Waals surface area contributed by atoms with Crippen molar-refractivity contribution in [3.63, 3.8) is 0 Å². The van der Waals surface area contributed by atoms with E-state index >= 15 is 0 Å². The molecule has 0 bridgehead atoms. The number of aryl methyl sites for hydroxylation is 2. The van der Waals surface area contributed by atoms with Gasteiger partial charge in [0.1, 0.15) is 17.3 Å². The van der Waals surface area contributed by atoms with Crippen LogP contribution in [-0.2, 0) is 0 Å². The fourth-order valence-electron chi connectivity index (χ4n) is 4.15. The lowest BCUT2D eigenvalue weighted by molar-refractivity contribution is 0.0770. The Hall–Kier alpha value is -3.15. The van der Waals surface area contributed by atoms with Gasteiger partial charge in [-0.25, -0.2) is 0 Å². The van der Waals surface area contributed by atoms with Crippen LogP contribution >= 0.6 is 0 Å². The molecule has 0 saturated heterocycles. The Labute approximate surface area is 168 Å². The number of para-hydroxylation sites is 1. The van der Waals surface area contributed by atoms with Crippen molar-refractivity contribution < 1.29 is 9.21 Å². The maximum Gasteiger partial charge on any atom is 0.280 e. The molecule has 0 radical (unpaired) electrons. The summed E-state index contributed by atoms with van der Waals surface area (Å²) in [5.41, 5.74) is 2.40. The third kappa shape index (κ3) is 3.09. The van der Waals surface area contributed by atoms with Crippen LogP contribution in [0.15, 0.2) is 45.6 Å². The first kappa shape index (κ1) is 17.9. The van der Waals surface area contributed by atoms with Gasteiger partial charge in [-0.1, -0.05) is 12.1 Å². The Balaban J connectivity index is 1.43. The van der Waals surface area contributed by atoms with E-state index < -0.39 is 0 Å². The molecule has 2 aliphatic rings. The maximum absolute atomic E-state index is 13.0. The predicted molar refractivity (Wildman–Crippen MR) is 111 cm³/mol. The molecule has 1 aliphatic heterocycles. The second kappa shape index (κ2) is 6.72. The van der Waals surface area contributed by atoms with E-state index in [4.69, 9.17) is 4.42 Å². The highest BCUT2D eigenvalue weighted by Gasteiger charge is 2.30. The molecule has 6 nitrogen and oxygen atoms in total. The molecule has 0 N–H and O–H groups in total. The molecule has 3 aromatic rings. The topological polar surface area (TPSA) is 68.3 Å². The minimum atomic E-state index is -0.204. The molecule has 1 amide bonds. The molecule has 5 rings (SSSR count). The molecule has 2 aromatic heterocycles. The number of rotatable bonds is 3. The molecule has 3 heterocycles. The van der Waals surface area contributed by atoms with Gasteiger partial charge in [0.2, 0.25) is 0 Å². The number of carbonyl (C=O) groups excluding carboxylic acids is 1. The number of aromatic nitrogens is 2. The van der Waals surface area contributed by atoms with Crippen molar-refractivity contribution in [1.82, 2.24) is 14.5 Å². The van der Waals surface area contributed by atoms with Crippen LogP contribution in [0.4, 0.5) is 0 Å². The van der Waals surface area contributed by atoms with Crippen LogP contribution in [0.1, 0.15) is 52.9 Å². The van der Waals surface area contributed by atoms with Gasteiger partial charge in [0.25, 0.3) is 11.5 Å². The number of fused-ring (bicyclic) bond motifs is 1. The molecule has 6 heteroatoms. The molecule has 1 saturated carbocycles. The van der Waals surface area contributed by atoms with Crippen LogP contribution < -0.4 is 5.56 Å². The van der Waals surface area contributed by atoms with Gasteiger partial charge in [0.05, 0.1) is 16.5 Å². The first-order valence-electron chi connectivity index (χ1n) is 10.1. The molecule has 148 valence electrons. The Morgan fingerprint density at radius 1 is 1.21 bits per heavy atom. The highest BCUT2D eigenvalue weighted by molar-refractivity contribution is 5.96. The highest BCUT2D eigenvalue weighted by Crippen LogP contribution is 2.41. The van der Waals surface area contributed by atoms with Gasteiger partial charge in [0.15, 0.2) is 0 Å². The number of benzene rings is 1. The van der Waals surface area contributed by atoms with E-state index in [-0.39, 0.29) is 11.5 Å². The van der Waals surface area contributed by atoms with Crippen molar-refractivity contribution in [1.29, 1.82) is 0 Å². The summed E-state index contributed by atoms with van der Waals surface area (Å²) < 4.78 is 7.85. The molecular weight excluding hydrogens is 366 g/mol. The lowest BCUT2D eigenvalue weighted by Crippen LogP contribution is -2.35. The Morgan fingerprint density at radius 3 is 2.72 bits per heavy atom. The van der Waals surface area contributed by atoms with E-state index in [0.29, 0.717) is 48.0 Å². The van der Waals surface area contributed by atoms with Crippen molar-refractivity contribution in [2.24, 2.45) is 0 Å². The average Bonchev–Trinajstić information content (AvgIpc) is 3.50. The standard InChI is InChI=1S/C23H23N3O3/c1-14-19(13-21(29-14)16-7-8-16)23(28)25-11-9-17(10-12-25)26-15(2)24-22(27)18-5-3-4-6-20(18)26/h3-6,9,13,16H,7-8,10-12H2,1-2H3. The summed E-state index contributed by atoms with van der Waals surface area (Å²) in [5.74, 6) is 2.83. The zero-order chi connectivity index (χ0) is 20.1. The quantitative estimate of drug-likeness (QED) is 0.682. The van der Waals surface area contributed by atoms with Crippen LogP contribution in [-0.4, -0.2) is 33.4 Å². The number of hydrogen-bond acceptors (Lipinski definition) is 4. The second-order valence-corrected chi connectivity index (χ2v) is 7.91. The van der Waals surface area contributed by atoms with Gasteiger partial charge in [-0.2, -0.15) is 4.98 Å². The maximum atomic E-state index is 13.0. The summed E-state index contributed by atoms with van der Waals surface area (Å²) in [6.45, 7) is 4.86. The number of furan rings is 1. The van der Waals surface area contributed by atoms with Crippen LogP contribution in [0.2, 0.25) is 0 Å². The van der Waals surface area contributed by atoms with Gasteiger partial charge in [-0.15, -0.1) is 0 Å².